The van der Waals surface area contributed by atoms with Crippen molar-refractivity contribution in [3.8, 4) is 0 Å². The number of hydrogen-bond acceptors (Lipinski definition) is 3. The molecular weight excluding hydrogens is 172 g/mol. The molecule has 0 N–H and O–H groups in total. The summed E-state index contributed by atoms with van der Waals surface area (Å²) in [5.74, 6) is 0.807. The van der Waals surface area contributed by atoms with Crippen LogP contribution < -0.4 is 0 Å². The topological polar surface area (TPSA) is 26.3 Å². The summed E-state index contributed by atoms with van der Waals surface area (Å²) in [6.07, 6.45) is 2.45. The number of rotatable bonds is 6. The third kappa shape index (κ3) is 4.44. The summed E-state index contributed by atoms with van der Waals surface area (Å²) in [6, 6.07) is 0. The maximum absolute atomic E-state index is 11.2. The summed E-state index contributed by atoms with van der Waals surface area (Å²) in [5, 5.41) is -0.0625. The van der Waals surface area contributed by atoms with Gasteiger partial charge in [-0.2, -0.15) is 0 Å². The predicted molar refractivity (Wildman–Crippen MR) is 53.4 cm³/mol. The van der Waals surface area contributed by atoms with Crippen molar-refractivity contribution in [2.24, 2.45) is 0 Å². The zero-order chi connectivity index (χ0) is 9.40. The summed E-state index contributed by atoms with van der Waals surface area (Å²) in [5.41, 5.74) is 0. The number of carbonyl (C=O) groups is 1. The molecule has 12 heavy (non-hydrogen) atoms. The first-order valence-corrected chi connectivity index (χ1v) is 5.20. The summed E-state index contributed by atoms with van der Waals surface area (Å²) >= 11 is 1.60. The molecule has 0 rings (SSSR count). The smallest absolute Gasteiger partial charge is 0.319 e. The molecule has 70 valence electrons. The van der Waals surface area contributed by atoms with E-state index in [1.54, 1.807) is 17.8 Å². The molecule has 0 aromatic carbocycles. The molecular formula is C9H16O2S. The average molecular weight is 188 g/mol. The number of carbonyl (C=O) groups excluding carboxylic acids is 1. The molecule has 0 aliphatic carbocycles. The number of allylic oxidation sites excluding steroid dienone is 1. The fourth-order valence-corrected chi connectivity index (χ4v) is 1.70. The molecule has 0 aliphatic rings. The van der Waals surface area contributed by atoms with Crippen LogP contribution in [0.3, 0.4) is 0 Å². The van der Waals surface area contributed by atoms with E-state index in [1.807, 2.05) is 13.8 Å². The van der Waals surface area contributed by atoms with Gasteiger partial charge in [0.1, 0.15) is 5.25 Å². The molecule has 0 aliphatic heterocycles. The highest BCUT2D eigenvalue weighted by molar-refractivity contribution is 8.00. The first-order valence-electron chi connectivity index (χ1n) is 4.15. The molecule has 0 aromatic heterocycles. The van der Waals surface area contributed by atoms with E-state index in [0.29, 0.717) is 13.0 Å². The van der Waals surface area contributed by atoms with E-state index < -0.39 is 0 Å². The van der Waals surface area contributed by atoms with Gasteiger partial charge >= 0.3 is 5.97 Å². The third-order valence-corrected chi connectivity index (χ3v) is 2.42. The third-order valence-electron chi connectivity index (χ3n) is 1.30. The molecule has 0 amide bonds. The van der Waals surface area contributed by atoms with Crippen LogP contribution in [0.15, 0.2) is 12.7 Å². The molecule has 0 saturated heterocycles. The van der Waals surface area contributed by atoms with Gasteiger partial charge in [0.15, 0.2) is 0 Å². The molecule has 1 atom stereocenters. The fraction of sp³-hybridized carbons (Fsp3) is 0.667. The monoisotopic (exact) mass is 188 g/mol. The van der Waals surface area contributed by atoms with Crippen molar-refractivity contribution in [3.63, 3.8) is 0 Å². The Morgan fingerprint density at radius 3 is 2.75 bits per heavy atom. The standard InChI is InChI=1S/C9H16O2S/c1-4-7-8(12-6-3)9(10)11-5-2/h4,8H,1,5-7H2,2-3H3. The normalized spacial score (nSPS) is 12.2. The largest absolute Gasteiger partial charge is 0.465 e. The minimum atomic E-state index is -0.121. The molecule has 0 saturated carbocycles. The van der Waals surface area contributed by atoms with Crippen LogP contribution in [0.25, 0.3) is 0 Å². The van der Waals surface area contributed by atoms with E-state index in [0.717, 1.165) is 5.75 Å². The number of esters is 1. The second-order valence-electron chi connectivity index (χ2n) is 2.22. The van der Waals surface area contributed by atoms with Crippen LogP contribution >= 0.6 is 11.8 Å². The molecule has 1 unspecified atom stereocenters. The van der Waals surface area contributed by atoms with Crippen LogP contribution in [0.5, 0.6) is 0 Å². The Kier molecular flexibility index (Phi) is 6.96. The van der Waals surface area contributed by atoms with E-state index in [2.05, 4.69) is 6.58 Å². The highest BCUT2D eigenvalue weighted by atomic mass is 32.2. The molecule has 0 fully saturated rings. The lowest BCUT2D eigenvalue weighted by Crippen LogP contribution is -2.19. The minimum Gasteiger partial charge on any atom is -0.465 e. The highest BCUT2D eigenvalue weighted by Crippen LogP contribution is 2.16. The van der Waals surface area contributed by atoms with Crippen molar-refractivity contribution in [2.45, 2.75) is 25.5 Å². The zero-order valence-corrected chi connectivity index (χ0v) is 8.52. The molecule has 0 heterocycles. The lowest BCUT2D eigenvalue weighted by molar-refractivity contribution is -0.142. The van der Waals surface area contributed by atoms with Gasteiger partial charge in [-0.05, 0) is 19.1 Å². The van der Waals surface area contributed by atoms with Crippen molar-refractivity contribution < 1.29 is 9.53 Å². The lowest BCUT2D eigenvalue weighted by Gasteiger charge is -2.11. The van der Waals surface area contributed by atoms with Crippen LogP contribution in [-0.2, 0) is 9.53 Å². The number of ether oxygens (including phenoxy) is 1. The Bertz CT molecular complexity index is 145. The van der Waals surface area contributed by atoms with Gasteiger partial charge in [0.05, 0.1) is 6.61 Å². The molecule has 0 radical (unpaired) electrons. The fourth-order valence-electron chi connectivity index (χ4n) is 0.820. The van der Waals surface area contributed by atoms with Gasteiger partial charge in [0.25, 0.3) is 0 Å². The average Bonchev–Trinajstić information content (AvgIpc) is 2.04. The minimum absolute atomic E-state index is 0.0625. The Morgan fingerprint density at radius 1 is 1.67 bits per heavy atom. The van der Waals surface area contributed by atoms with Gasteiger partial charge < -0.3 is 4.74 Å². The summed E-state index contributed by atoms with van der Waals surface area (Å²) in [6.45, 7) is 7.91. The summed E-state index contributed by atoms with van der Waals surface area (Å²) in [4.78, 5) is 11.2. The summed E-state index contributed by atoms with van der Waals surface area (Å²) < 4.78 is 4.90. The van der Waals surface area contributed by atoms with Crippen molar-refractivity contribution in [1.29, 1.82) is 0 Å². The number of thioether (sulfide) groups is 1. The predicted octanol–water partition coefficient (Wildman–Crippen LogP) is 2.25. The molecule has 3 heteroatoms. The van der Waals surface area contributed by atoms with Crippen molar-refractivity contribution in [1.82, 2.24) is 0 Å². The van der Waals surface area contributed by atoms with Gasteiger partial charge in [-0.3, -0.25) is 4.79 Å². The lowest BCUT2D eigenvalue weighted by atomic mass is 10.3. The van der Waals surface area contributed by atoms with Gasteiger partial charge in [0.2, 0.25) is 0 Å². The highest BCUT2D eigenvalue weighted by Gasteiger charge is 2.17. The Labute approximate surface area is 78.4 Å². The van der Waals surface area contributed by atoms with Gasteiger partial charge in [-0.25, -0.2) is 0 Å². The SMILES string of the molecule is C=CCC(SCC)C(=O)OCC. The van der Waals surface area contributed by atoms with E-state index in [-0.39, 0.29) is 11.2 Å². The van der Waals surface area contributed by atoms with E-state index in [9.17, 15) is 4.79 Å². The van der Waals surface area contributed by atoms with Gasteiger partial charge in [-0.15, -0.1) is 18.3 Å². The molecule has 0 bridgehead atoms. The van der Waals surface area contributed by atoms with Crippen LogP contribution in [0.4, 0.5) is 0 Å². The molecule has 0 aromatic rings. The van der Waals surface area contributed by atoms with Crippen LogP contribution in [0, 0.1) is 0 Å². The second-order valence-corrected chi connectivity index (χ2v) is 3.70. The zero-order valence-electron chi connectivity index (χ0n) is 7.71. The Morgan fingerprint density at radius 2 is 2.33 bits per heavy atom. The molecule has 0 spiro atoms. The summed E-state index contributed by atoms with van der Waals surface area (Å²) in [7, 11) is 0. The maximum atomic E-state index is 11.2. The van der Waals surface area contributed by atoms with Gasteiger partial charge in [-0.1, -0.05) is 13.0 Å². The van der Waals surface area contributed by atoms with Crippen molar-refractivity contribution >= 4 is 17.7 Å². The van der Waals surface area contributed by atoms with Crippen LogP contribution in [0.1, 0.15) is 20.3 Å². The van der Waals surface area contributed by atoms with Crippen LogP contribution in [-0.4, -0.2) is 23.6 Å². The number of hydrogen-bond donors (Lipinski definition) is 0. The first kappa shape index (κ1) is 11.6. The Hall–Kier alpha value is -0.440. The van der Waals surface area contributed by atoms with E-state index in [1.165, 1.54) is 0 Å². The Balaban J connectivity index is 3.89. The van der Waals surface area contributed by atoms with Crippen molar-refractivity contribution in [3.05, 3.63) is 12.7 Å². The van der Waals surface area contributed by atoms with E-state index >= 15 is 0 Å². The first-order chi connectivity index (χ1) is 5.76. The van der Waals surface area contributed by atoms with E-state index in [4.69, 9.17) is 4.74 Å². The quantitative estimate of drug-likeness (QED) is 0.472. The molecule has 2 nitrogen and oxygen atoms in total. The van der Waals surface area contributed by atoms with Crippen LogP contribution in [0.2, 0.25) is 0 Å². The maximum Gasteiger partial charge on any atom is 0.319 e. The second kappa shape index (κ2) is 7.22. The van der Waals surface area contributed by atoms with Gasteiger partial charge in [0, 0.05) is 0 Å². The van der Waals surface area contributed by atoms with Crippen molar-refractivity contribution in [2.75, 3.05) is 12.4 Å².